The van der Waals surface area contributed by atoms with E-state index in [9.17, 15) is 37.8 Å². The highest BCUT2D eigenvalue weighted by atomic mass is 19.4. The number of nitrogens with one attached hydrogen (secondary N) is 2. The van der Waals surface area contributed by atoms with Crippen molar-refractivity contribution in [2.24, 2.45) is 5.92 Å². The van der Waals surface area contributed by atoms with Crippen molar-refractivity contribution >= 4 is 29.3 Å². The Hall–Kier alpha value is -4.62. The number of benzene rings is 3. The molecule has 3 atom stereocenters. The van der Waals surface area contributed by atoms with Crippen molar-refractivity contribution < 1.29 is 42.5 Å². The highest BCUT2D eigenvalue weighted by Crippen LogP contribution is 2.35. The van der Waals surface area contributed by atoms with Crippen LogP contribution in [0.25, 0.3) is 0 Å². The van der Waals surface area contributed by atoms with Crippen molar-refractivity contribution in [1.29, 1.82) is 0 Å². The van der Waals surface area contributed by atoms with Crippen LogP contribution in [0.3, 0.4) is 0 Å². The number of urea groups is 1. The Kier molecular flexibility index (Phi) is 10.3. The number of alkyl halides is 3. The Labute approximate surface area is 258 Å². The van der Waals surface area contributed by atoms with Gasteiger partial charge in [0.05, 0.1) is 35.0 Å². The minimum atomic E-state index is -4.51. The summed E-state index contributed by atoms with van der Waals surface area (Å²) in [5.41, 5.74) is 0.687. The number of para-hydroxylation sites is 1. The van der Waals surface area contributed by atoms with Crippen LogP contribution in [0.5, 0.6) is 5.75 Å². The number of carboxylic acid groups (broad SMARTS) is 1. The third kappa shape index (κ3) is 8.31. The summed E-state index contributed by atoms with van der Waals surface area (Å²) in [4.78, 5) is 41.4. The molecule has 0 saturated carbocycles. The third-order valence-corrected chi connectivity index (χ3v) is 7.55. The number of carbonyl (C=O) groups is 3. The zero-order valence-electron chi connectivity index (χ0n) is 25.0. The predicted molar refractivity (Wildman–Crippen MR) is 161 cm³/mol. The van der Waals surface area contributed by atoms with Gasteiger partial charge in [0.15, 0.2) is 5.75 Å². The Balaban J connectivity index is 1.59. The molecule has 0 fully saturated rings. The van der Waals surface area contributed by atoms with Crippen molar-refractivity contribution in [2.75, 3.05) is 37.4 Å². The molecule has 1 aliphatic heterocycles. The van der Waals surface area contributed by atoms with Gasteiger partial charge in [-0.3, -0.25) is 9.69 Å². The molecule has 4 rings (SSSR count). The Morgan fingerprint density at radius 3 is 2.33 bits per heavy atom. The van der Waals surface area contributed by atoms with Gasteiger partial charge in [0.1, 0.15) is 6.10 Å². The SMILES string of the molecule is C[C@@H]1CN([C@@H](C)CO)C(=O)c2cccc(NC(=O)Nc3ccc(C(F)(F)F)cc3)c2O[C@@H]1CN(C)Cc1ccc(C(=O)O)cc1. The first-order valence-corrected chi connectivity index (χ1v) is 14.2. The zero-order valence-corrected chi connectivity index (χ0v) is 25.0. The quantitative estimate of drug-likeness (QED) is 0.250. The van der Waals surface area contributed by atoms with Crippen LogP contribution < -0.4 is 15.4 Å². The average molecular weight is 629 g/mol. The van der Waals surface area contributed by atoms with E-state index < -0.39 is 41.8 Å². The second-order valence-electron chi connectivity index (χ2n) is 11.2. The number of aliphatic hydroxyl groups is 1. The molecule has 0 bridgehead atoms. The molecule has 4 N–H and O–H groups in total. The number of nitrogens with zero attached hydrogens (tertiary/aromatic N) is 2. The summed E-state index contributed by atoms with van der Waals surface area (Å²) in [7, 11) is 1.88. The number of carboxylic acids is 1. The number of aromatic carboxylic acids is 1. The molecule has 240 valence electrons. The molecule has 13 heteroatoms. The van der Waals surface area contributed by atoms with Crippen LogP contribution in [0.15, 0.2) is 66.7 Å². The number of amides is 3. The van der Waals surface area contributed by atoms with Crippen LogP contribution in [0.4, 0.5) is 29.3 Å². The fourth-order valence-corrected chi connectivity index (χ4v) is 5.02. The number of hydrogen-bond donors (Lipinski definition) is 4. The highest BCUT2D eigenvalue weighted by Gasteiger charge is 2.35. The summed E-state index contributed by atoms with van der Waals surface area (Å²) in [6, 6.07) is 13.9. The minimum Gasteiger partial charge on any atom is -0.486 e. The largest absolute Gasteiger partial charge is 0.486 e. The van der Waals surface area contributed by atoms with E-state index in [4.69, 9.17) is 4.74 Å². The average Bonchev–Trinajstić information content (AvgIpc) is 2.99. The zero-order chi connectivity index (χ0) is 32.9. The Bertz CT molecular complexity index is 1510. The fourth-order valence-electron chi connectivity index (χ4n) is 5.02. The molecular weight excluding hydrogens is 593 g/mol. The van der Waals surface area contributed by atoms with E-state index in [1.54, 1.807) is 42.2 Å². The first-order valence-electron chi connectivity index (χ1n) is 14.2. The molecule has 45 heavy (non-hydrogen) atoms. The lowest BCUT2D eigenvalue weighted by molar-refractivity contribution is -0.137. The smallest absolute Gasteiger partial charge is 0.416 e. The Morgan fingerprint density at radius 1 is 1.07 bits per heavy atom. The standard InChI is InChI=1S/C32H35F3N4O6/c1-19-15-39(20(2)18-40)29(41)25-5-4-6-26(37-31(44)36-24-13-11-23(12-14-24)32(33,34)35)28(25)45-27(19)17-38(3)16-21-7-9-22(10-8-21)30(42)43/h4-14,19-20,27,40H,15-18H2,1-3H3,(H,42,43)(H2,36,37,44)/t19-,20+,27-/m1/s1. The number of halogens is 3. The van der Waals surface area contributed by atoms with Crippen molar-refractivity contribution in [3.8, 4) is 5.75 Å². The Morgan fingerprint density at radius 2 is 1.73 bits per heavy atom. The van der Waals surface area contributed by atoms with Crippen LogP contribution in [-0.4, -0.2) is 76.8 Å². The lowest BCUT2D eigenvalue weighted by Crippen LogP contribution is -2.49. The van der Waals surface area contributed by atoms with Crippen LogP contribution >= 0.6 is 0 Å². The van der Waals surface area contributed by atoms with Gasteiger partial charge >= 0.3 is 18.2 Å². The van der Waals surface area contributed by atoms with Gasteiger partial charge in [-0.05, 0) is 68.1 Å². The summed E-state index contributed by atoms with van der Waals surface area (Å²) < 4.78 is 45.3. The van der Waals surface area contributed by atoms with E-state index in [0.717, 1.165) is 29.8 Å². The summed E-state index contributed by atoms with van der Waals surface area (Å²) in [5.74, 6) is -1.51. The fraction of sp³-hybridized carbons (Fsp3) is 0.344. The maximum Gasteiger partial charge on any atom is 0.416 e. The summed E-state index contributed by atoms with van der Waals surface area (Å²) in [6.07, 6.45) is -5.01. The molecule has 3 amide bonds. The van der Waals surface area contributed by atoms with E-state index in [0.29, 0.717) is 13.1 Å². The number of hydrogen-bond acceptors (Lipinski definition) is 6. The van der Waals surface area contributed by atoms with Gasteiger partial charge < -0.3 is 30.5 Å². The first kappa shape index (κ1) is 33.3. The normalized spacial score (nSPS) is 17.5. The minimum absolute atomic E-state index is 0.121. The second-order valence-corrected chi connectivity index (χ2v) is 11.2. The third-order valence-electron chi connectivity index (χ3n) is 7.55. The molecule has 0 aromatic heterocycles. The lowest BCUT2D eigenvalue weighted by atomic mass is 9.98. The maximum absolute atomic E-state index is 13.7. The van der Waals surface area contributed by atoms with Crippen LogP contribution in [0, 0.1) is 5.92 Å². The molecule has 0 radical (unpaired) electrons. The second kappa shape index (κ2) is 14.0. The van der Waals surface area contributed by atoms with E-state index in [1.807, 2.05) is 18.9 Å². The number of anilines is 2. The predicted octanol–water partition coefficient (Wildman–Crippen LogP) is 5.40. The van der Waals surface area contributed by atoms with Gasteiger partial charge in [-0.2, -0.15) is 13.2 Å². The van der Waals surface area contributed by atoms with Gasteiger partial charge in [-0.25, -0.2) is 9.59 Å². The van der Waals surface area contributed by atoms with Gasteiger partial charge in [-0.15, -0.1) is 0 Å². The summed E-state index contributed by atoms with van der Waals surface area (Å²) in [6.45, 7) is 4.54. The molecule has 3 aromatic rings. The molecule has 10 nitrogen and oxygen atoms in total. The number of fused-ring (bicyclic) bond motifs is 1. The summed E-state index contributed by atoms with van der Waals surface area (Å²) >= 11 is 0. The van der Waals surface area contributed by atoms with Crippen molar-refractivity contribution in [3.63, 3.8) is 0 Å². The van der Waals surface area contributed by atoms with Crippen molar-refractivity contribution in [1.82, 2.24) is 9.80 Å². The van der Waals surface area contributed by atoms with Gasteiger partial charge in [0.2, 0.25) is 0 Å². The van der Waals surface area contributed by atoms with E-state index in [1.165, 1.54) is 12.1 Å². The molecule has 0 aliphatic carbocycles. The van der Waals surface area contributed by atoms with Crippen molar-refractivity contribution in [2.45, 2.75) is 38.7 Å². The van der Waals surface area contributed by atoms with Gasteiger partial charge in [0, 0.05) is 31.2 Å². The van der Waals surface area contributed by atoms with Crippen LogP contribution in [-0.2, 0) is 12.7 Å². The number of ether oxygens (including phenoxy) is 1. The molecule has 1 heterocycles. The van der Waals surface area contributed by atoms with E-state index >= 15 is 0 Å². The van der Waals surface area contributed by atoms with E-state index in [2.05, 4.69) is 10.6 Å². The summed E-state index contributed by atoms with van der Waals surface area (Å²) in [5, 5.41) is 24.2. The van der Waals surface area contributed by atoms with Crippen LogP contribution in [0.2, 0.25) is 0 Å². The number of rotatable bonds is 9. The molecule has 0 spiro atoms. The number of aliphatic hydroxyl groups excluding tert-OH is 1. The first-order chi connectivity index (χ1) is 21.3. The highest BCUT2D eigenvalue weighted by molar-refractivity contribution is 6.04. The van der Waals surface area contributed by atoms with E-state index in [-0.39, 0.29) is 47.3 Å². The molecule has 3 aromatic carbocycles. The number of carbonyl (C=O) groups excluding carboxylic acids is 2. The van der Waals surface area contributed by atoms with Gasteiger partial charge in [0.25, 0.3) is 5.91 Å². The van der Waals surface area contributed by atoms with Crippen molar-refractivity contribution in [3.05, 3.63) is 89.0 Å². The molecule has 0 saturated heterocycles. The molecule has 0 unspecified atom stereocenters. The van der Waals surface area contributed by atoms with Crippen LogP contribution in [0.1, 0.15) is 45.7 Å². The van der Waals surface area contributed by atoms with Gasteiger partial charge in [-0.1, -0.05) is 25.1 Å². The monoisotopic (exact) mass is 628 g/mol. The molecule has 1 aliphatic rings. The molecular formula is C32H35F3N4O6. The number of likely N-dealkylation sites (N-methyl/N-ethyl adjacent to an activating group) is 1. The lowest BCUT2D eigenvalue weighted by Gasteiger charge is -2.38. The maximum atomic E-state index is 13.7. The topological polar surface area (TPSA) is 131 Å².